The van der Waals surface area contributed by atoms with Gasteiger partial charge in [0.1, 0.15) is 6.04 Å². The molecular formula is C20H26ClN5O2. The Balaban J connectivity index is 1.46. The number of piperidine rings is 1. The Hall–Kier alpha value is -2.38. The average Bonchev–Trinajstić information content (AvgIpc) is 3.15. The van der Waals surface area contributed by atoms with Gasteiger partial charge in [0, 0.05) is 23.3 Å². The molecule has 1 atom stereocenters. The Morgan fingerprint density at radius 1 is 1.14 bits per heavy atom. The Morgan fingerprint density at radius 2 is 1.86 bits per heavy atom. The summed E-state index contributed by atoms with van der Waals surface area (Å²) >= 11 is 5.82. The highest BCUT2D eigenvalue weighted by Gasteiger charge is 2.17. The van der Waals surface area contributed by atoms with Crippen LogP contribution in [0.15, 0.2) is 36.7 Å². The minimum atomic E-state index is -0.681. The minimum absolute atomic E-state index is 0.294. The molecule has 1 saturated heterocycles. The quantitative estimate of drug-likeness (QED) is 0.745. The van der Waals surface area contributed by atoms with E-state index in [1.807, 2.05) is 10.9 Å². The van der Waals surface area contributed by atoms with Crippen molar-refractivity contribution in [1.82, 2.24) is 20.0 Å². The zero-order valence-electron chi connectivity index (χ0n) is 16.0. The lowest BCUT2D eigenvalue weighted by atomic mass is 10.1. The van der Waals surface area contributed by atoms with Crippen molar-refractivity contribution in [2.75, 3.05) is 25.0 Å². The molecule has 150 valence electrons. The molecule has 1 aliphatic rings. The normalized spacial score (nSPS) is 15.8. The Morgan fingerprint density at radius 3 is 2.57 bits per heavy atom. The first kappa shape index (κ1) is 20.4. The van der Waals surface area contributed by atoms with Crippen LogP contribution in [0.5, 0.6) is 0 Å². The fraction of sp³-hybridized carbons (Fsp3) is 0.450. The Kier molecular flexibility index (Phi) is 7.06. The third-order valence-electron chi connectivity index (χ3n) is 4.84. The molecule has 2 N–H and O–H groups in total. The number of carbonyl (C=O) groups excluding carboxylic acids is 2. The SMILES string of the molecule is C[C@@H](NC(=O)c1ccc(Cl)cc1)C(=O)Nc1cnn(CCN2CCCCC2)c1. The van der Waals surface area contributed by atoms with Gasteiger partial charge in [0.2, 0.25) is 5.91 Å². The third-order valence-corrected chi connectivity index (χ3v) is 5.09. The number of benzene rings is 1. The molecule has 28 heavy (non-hydrogen) atoms. The summed E-state index contributed by atoms with van der Waals surface area (Å²) in [5.41, 5.74) is 1.07. The van der Waals surface area contributed by atoms with Crippen molar-refractivity contribution in [3.05, 3.63) is 47.2 Å². The number of aromatic nitrogens is 2. The van der Waals surface area contributed by atoms with E-state index in [4.69, 9.17) is 11.6 Å². The van der Waals surface area contributed by atoms with Crippen LogP contribution in [0.25, 0.3) is 0 Å². The van der Waals surface area contributed by atoms with Crippen molar-refractivity contribution in [3.8, 4) is 0 Å². The molecule has 0 spiro atoms. The van der Waals surface area contributed by atoms with Crippen LogP contribution >= 0.6 is 11.6 Å². The first-order chi connectivity index (χ1) is 13.5. The first-order valence-electron chi connectivity index (χ1n) is 9.63. The number of amides is 2. The van der Waals surface area contributed by atoms with Gasteiger partial charge in [-0.25, -0.2) is 0 Å². The van der Waals surface area contributed by atoms with E-state index in [9.17, 15) is 9.59 Å². The summed E-state index contributed by atoms with van der Waals surface area (Å²) in [6, 6.07) is 5.84. The van der Waals surface area contributed by atoms with E-state index in [0.717, 1.165) is 26.2 Å². The third kappa shape index (κ3) is 5.81. The number of hydrogen-bond donors (Lipinski definition) is 2. The molecule has 2 amide bonds. The summed E-state index contributed by atoms with van der Waals surface area (Å²) in [7, 11) is 0. The molecule has 0 radical (unpaired) electrons. The molecule has 3 rings (SSSR count). The molecule has 7 nitrogen and oxygen atoms in total. The Labute approximate surface area is 170 Å². The number of carbonyl (C=O) groups is 2. The zero-order valence-corrected chi connectivity index (χ0v) is 16.8. The fourth-order valence-electron chi connectivity index (χ4n) is 3.17. The van der Waals surface area contributed by atoms with E-state index in [0.29, 0.717) is 16.3 Å². The number of nitrogens with zero attached hydrogens (tertiary/aromatic N) is 3. The maximum atomic E-state index is 12.4. The lowest BCUT2D eigenvalue weighted by Gasteiger charge is -2.26. The lowest BCUT2D eigenvalue weighted by molar-refractivity contribution is -0.117. The molecule has 2 aromatic rings. The maximum absolute atomic E-state index is 12.4. The summed E-state index contributed by atoms with van der Waals surface area (Å²) in [5, 5.41) is 10.3. The molecule has 0 aliphatic carbocycles. The van der Waals surface area contributed by atoms with Crippen LogP contribution in [-0.4, -0.2) is 52.2 Å². The summed E-state index contributed by atoms with van der Waals surface area (Å²) in [6.07, 6.45) is 7.29. The second kappa shape index (κ2) is 9.71. The molecule has 8 heteroatoms. The van der Waals surface area contributed by atoms with Gasteiger partial charge in [-0.1, -0.05) is 18.0 Å². The summed E-state index contributed by atoms with van der Waals surface area (Å²) in [5.74, 6) is -0.616. The van der Waals surface area contributed by atoms with Gasteiger partial charge < -0.3 is 15.5 Å². The predicted molar refractivity (Wildman–Crippen MR) is 110 cm³/mol. The van der Waals surface area contributed by atoms with E-state index in [2.05, 4.69) is 20.6 Å². The highest BCUT2D eigenvalue weighted by molar-refractivity contribution is 6.30. The van der Waals surface area contributed by atoms with Crippen LogP contribution in [0, 0.1) is 0 Å². The molecular weight excluding hydrogens is 378 g/mol. The van der Waals surface area contributed by atoms with Gasteiger partial charge in [-0.2, -0.15) is 5.10 Å². The molecule has 0 saturated carbocycles. The summed E-state index contributed by atoms with van der Waals surface area (Å²) in [4.78, 5) is 27.0. The van der Waals surface area contributed by atoms with Crippen LogP contribution in [0.1, 0.15) is 36.5 Å². The smallest absolute Gasteiger partial charge is 0.251 e. The van der Waals surface area contributed by atoms with Gasteiger partial charge in [-0.3, -0.25) is 14.3 Å². The van der Waals surface area contributed by atoms with Crippen LogP contribution in [0.2, 0.25) is 5.02 Å². The number of nitrogens with one attached hydrogen (secondary N) is 2. The van der Waals surface area contributed by atoms with E-state index in [1.165, 1.54) is 19.3 Å². The van der Waals surface area contributed by atoms with Crippen LogP contribution in [0.3, 0.4) is 0 Å². The molecule has 1 fully saturated rings. The second-order valence-corrected chi connectivity index (χ2v) is 7.52. The second-order valence-electron chi connectivity index (χ2n) is 7.09. The molecule has 1 aliphatic heterocycles. The van der Waals surface area contributed by atoms with Crippen molar-refractivity contribution in [1.29, 1.82) is 0 Å². The average molecular weight is 404 g/mol. The van der Waals surface area contributed by atoms with E-state index < -0.39 is 6.04 Å². The van der Waals surface area contributed by atoms with Gasteiger partial charge in [0.25, 0.3) is 5.91 Å². The standard InChI is InChI=1S/C20H26ClN5O2/c1-15(23-20(28)16-5-7-17(21)8-6-16)19(27)24-18-13-22-26(14-18)12-11-25-9-3-2-4-10-25/h5-8,13-15H,2-4,9-12H2,1H3,(H,23,28)(H,24,27)/t15-/m1/s1. The molecule has 1 aromatic heterocycles. The highest BCUT2D eigenvalue weighted by Crippen LogP contribution is 2.11. The lowest BCUT2D eigenvalue weighted by Crippen LogP contribution is -2.41. The van der Waals surface area contributed by atoms with Gasteiger partial charge in [0.05, 0.1) is 18.4 Å². The number of likely N-dealkylation sites (tertiary alicyclic amines) is 1. The van der Waals surface area contributed by atoms with Crippen LogP contribution < -0.4 is 10.6 Å². The number of hydrogen-bond acceptors (Lipinski definition) is 4. The summed E-state index contributed by atoms with van der Waals surface area (Å²) in [6.45, 7) is 5.69. The van der Waals surface area contributed by atoms with Crippen molar-refractivity contribution >= 4 is 29.1 Å². The summed E-state index contributed by atoms with van der Waals surface area (Å²) < 4.78 is 1.83. The molecule has 1 aromatic carbocycles. The van der Waals surface area contributed by atoms with Crippen LogP contribution in [0.4, 0.5) is 5.69 Å². The number of halogens is 1. The van der Waals surface area contributed by atoms with Gasteiger partial charge in [-0.05, 0) is 57.1 Å². The van der Waals surface area contributed by atoms with Crippen molar-refractivity contribution in [2.24, 2.45) is 0 Å². The van der Waals surface area contributed by atoms with E-state index in [-0.39, 0.29) is 11.8 Å². The fourth-order valence-corrected chi connectivity index (χ4v) is 3.30. The maximum Gasteiger partial charge on any atom is 0.251 e. The molecule has 0 unspecified atom stereocenters. The van der Waals surface area contributed by atoms with Crippen molar-refractivity contribution < 1.29 is 9.59 Å². The van der Waals surface area contributed by atoms with E-state index in [1.54, 1.807) is 37.4 Å². The van der Waals surface area contributed by atoms with Gasteiger partial charge in [-0.15, -0.1) is 0 Å². The molecule has 0 bridgehead atoms. The largest absolute Gasteiger partial charge is 0.341 e. The number of rotatable bonds is 7. The van der Waals surface area contributed by atoms with Crippen molar-refractivity contribution in [3.63, 3.8) is 0 Å². The first-order valence-corrected chi connectivity index (χ1v) is 10.0. The zero-order chi connectivity index (χ0) is 19.9. The topological polar surface area (TPSA) is 79.3 Å². The van der Waals surface area contributed by atoms with E-state index >= 15 is 0 Å². The Bertz CT molecular complexity index is 799. The molecule has 2 heterocycles. The highest BCUT2D eigenvalue weighted by atomic mass is 35.5. The van der Waals surface area contributed by atoms with Gasteiger partial charge in [0.15, 0.2) is 0 Å². The van der Waals surface area contributed by atoms with Crippen molar-refractivity contribution in [2.45, 2.75) is 38.8 Å². The number of anilines is 1. The monoisotopic (exact) mass is 403 g/mol. The predicted octanol–water partition coefficient (Wildman–Crippen LogP) is 2.78. The minimum Gasteiger partial charge on any atom is -0.341 e. The van der Waals surface area contributed by atoms with Crippen LogP contribution in [-0.2, 0) is 11.3 Å². The van der Waals surface area contributed by atoms with Gasteiger partial charge >= 0.3 is 0 Å².